The van der Waals surface area contributed by atoms with Crippen molar-refractivity contribution in [1.82, 2.24) is 4.90 Å². The first-order chi connectivity index (χ1) is 12.9. The van der Waals surface area contributed by atoms with Gasteiger partial charge in [-0.25, -0.2) is 4.79 Å². The number of carbonyl (C=O) groups excluding carboxylic acids is 1. The van der Waals surface area contributed by atoms with Gasteiger partial charge in [-0.3, -0.25) is 4.90 Å². The quantitative estimate of drug-likeness (QED) is 0.704. The number of halogens is 3. The Labute approximate surface area is 155 Å². The summed E-state index contributed by atoms with van der Waals surface area (Å²) in [5.74, 6) is 5.84. The molecule has 3 rings (SSSR count). The molecule has 0 saturated carbocycles. The van der Waals surface area contributed by atoms with Crippen LogP contribution in [0.25, 0.3) is 0 Å². The van der Waals surface area contributed by atoms with Gasteiger partial charge in [0, 0.05) is 12.1 Å². The Hall–Kier alpha value is -2.94. The molecule has 1 saturated heterocycles. The van der Waals surface area contributed by atoms with Crippen LogP contribution >= 0.6 is 0 Å². The number of likely N-dealkylation sites (tertiary alicyclic amines) is 1. The van der Waals surface area contributed by atoms with Crippen LogP contribution < -0.4 is 0 Å². The number of carbonyl (C=O) groups is 1. The van der Waals surface area contributed by atoms with Crippen molar-refractivity contribution in [3.8, 4) is 11.8 Å². The Balaban J connectivity index is 1.61. The molecule has 6 heteroatoms. The monoisotopic (exact) mass is 373 g/mol. The summed E-state index contributed by atoms with van der Waals surface area (Å²) in [6.07, 6.45) is -3.26. The number of alkyl halides is 3. The molecule has 140 valence electrons. The van der Waals surface area contributed by atoms with Crippen molar-refractivity contribution in [2.75, 3.05) is 6.54 Å². The molecule has 0 spiro atoms. The van der Waals surface area contributed by atoms with Gasteiger partial charge >= 0.3 is 12.3 Å². The minimum atomic E-state index is -4.36. The van der Waals surface area contributed by atoms with Crippen molar-refractivity contribution >= 4 is 6.09 Å². The molecular formula is C21H18F3NO2. The lowest BCUT2D eigenvalue weighted by Gasteiger charge is -2.20. The average Bonchev–Trinajstić information content (AvgIpc) is 3.13. The number of hydrogen-bond donors (Lipinski definition) is 0. The summed E-state index contributed by atoms with van der Waals surface area (Å²) in [6, 6.07) is 13.8. The number of rotatable bonds is 2. The van der Waals surface area contributed by atoms with Gasteiger partial charge < -0.3 is 4.74 Å². The van der Waals surface area contributed by atoms with Gasteiger partial charge in [-0.1, -0.05) is 42.2 Å². The first-order valence-corrected chi connectivity index (χ1v) is 8.59. The fraction of sp³-hybridized carbons (Fsp3) is 0.286. The maximum absolute atomic E-state index is 12.6. The van der Waals surface area contributed by atoms with Crippen LogP contribution in [0.5, 0.6) is 0 Å². The lowest BCUT2D eigenvalue weighted by molar-refractivity contribution is -0.137. The number of amides is 1. The largest absolute Gasteiger partial charge is 0.445 e. The van der Waals surface area contributed by atoms with Crippen molar-refractivity contribution in [2.24, 2.45) is 0 Å². The Morgan fingerprint density at radius 3 is 2.48 bits per heavy atom. The Kier molecular flexibility index (Phi) is 5.70. The van der Waals surface area contributed by atoms with Crippen molar-refractivity contribution < 1.29 is 22.7 Å². The van der Waals surface area contributed by atoms with Crippen molar-refractivity contribution in [2.45, 2.75) is 31.7 Å². The number of ether oxygens (including phenoxy) is 1. The third-order valence-corrected chi connectivity index (χ3v) is 4.29. The average molecular weight is 373 g/mol. The van der Waals surface area contributed by atoms with E-state index in [0.717, 1.165) is 24.1 Å². The molecule has 2 aromatic carbocycles. The molecule has 0 N–H and O–H groups in total. The fourth-order valence-electron chi connectivity index (χ4n) is 2.85. The van der Waals surface area contributed by atoms with E-state index < -0.39 is 17.8 Å². The van der Waals surface area contributed by atoms with E-state index in [1.54, 1.807) is 4.90 Å². The van der Waals surface area contributed by atoms with Crippen LogP contribution in [0.3, 0.4) is 0 Å². The third kappa shape index (κ3) is 5.04. The van der Waals surface area contributed by atoms with Gasteiger partial charge in [-0.2, -0.15) is 13.2 Å². The molecule has 0 bridgehead atoms. The lowest BCUT2D eigenvalue weighted by atomic mass is 10.1. The minimum absolute atomic E-state index is 0.190. The van der Waals surface area contributed by atoms with Crippen molar-refractivity contribution in [3.63, 3.8) is 0 Å². The maximum Gasteiger partial charge on any atom is 0.416 e. The van der Waals surface area contributed by atoms with Crippen molar-refractivity contribution in [1.29, 1.82) is 0 Å². The molecule has 3 nitrogen and oxygen atoms in total. The van der Waals surface area contributed by atoms with E-state index in [9.17, 15) is 18.0 Å². The third-order valence-electron chi connectivity index (χ3n) is 4.29. The number of benzene rings is 2. The second-order valence-electron chi connectivity index (χ2n) is 6.24. The van der Waals surface area contributed by atoms with Crippen LogP contribution in [0.1, 0.15) is 29.5 Å². The van der Waals surface area contributed by atoms with Crippen molar-refractivity contribution in [3.05, 3.63) is 71.3 Å². The highest BCUT2D eigenvalue weighted by atomic mass is 19.4. The summed E-state index contributed by atoms with van der Waals surface area (Å²) in [6.45, 7) is 0.745. The number of hydrogen-bond acceptors (Lipinski definition) is 2. The summed E-state index contributed by atoms with van der Waals surface area (Å²) in [5.41, 5.74) is 0.671. The summed E-state index contributed by atoms with van der Waals surface area (Å²) in [7, 11) is 0. The molecule has 0 aliphatic carbocycles. The van der Waals surface area contributed by atoms with Gasteiger partial charge in [0.1, 0.15) is 6.61 Å². The second kappa shape index (κ2) is 8.17. The van der Waals surface area contributed by atoms with E-state index in [1.165, 1.54) is 12.1 Å². The van der Waals surface area contributed by atoms with Crippen LogP contribution in [0.4, 0.5) is 18.0 Å². The molecular weight excluding hydrogens is 355 g/mol. The van der Waals surface area contributed by atoms with Crippen LogP contribution in [-0.4, -0.2) is 23.6 Å². The second-order valence-corrected chi connectivity index (χ2v) is 6.24. The van der Waals surface area contributed by atoms with Crippen LogP contribution in [0.2, 0.25) is 0 Å². The van der Waals surface area contributed by atoms with Gasteiger partial charge in [0.2, 0.25) is 0 Å². The minimum Gasteiger partial charge on any atom is -0.445 e. The molecule has 1 atom stereocenters. The predicted molar refractivity (Wildman–Crippen MR) is 94.7 cm³/mol. The van der Waals surface area contributed by atoms with Gasteiger partial charge in [0.05, 0.1) is 11.6 Å². The first-order valence-electron chi connectivity index (χ1n) is 8.59. The molecule has 27 heavy (non-hydrogen) atoms. The molecule has 1 amide bonds. The van der Waals surface area contributed by atoms with Gasteiger partial charge in [-0.05, 0) is 42.7 Å². The summed E-state index contributed by atoms with van der Waals surface area (Å²) >= 11 is 0. The number of nitrogens with zero attached hydrogens (tertiary/aromatic N) is 1. The smallest absolute Gasteiger partial charge is 0.416 e. The molecule has 2 aromatic rings. The molecule has 1 heterocycles. The SMILES string of the molecule is O=C(OCc1ccccc1)N1CCCC1C#Cc1ccc(C(F)(F)F)cc1. The first kappa shape index (κ1) is 18.8. The maximum atomic E-state index is 12.6. The summed E-state index contributed by atoms with van der Waals surface area (Å²) in [5, 5.41) is 0. The van der Waals surface area contributed by atoms with E-state index in [1.807, 2.05) is 30.3 Å². The molecule has 0 radical (unpaired) electrons. The Morgan fingerprint density at radius 2 is 1.81 bits per heavy atom. The standard InChI is InChI=1S/C21H18F3NO2/c22-21(23,24)18-11-8-16(9-12-18)10-13-19-7-4-14-25(19)20(26)27-15-17-5-2-1-3-6-17/h1-3,5-6,8-9,11-12,19H,4,7,14-15H2. The molecule has 1 unspecified atom stereocenters. The zero-order valence-electron chi connectivity index (χ0n) is 14.5. The summed E-state index contributed by atoms with van der Waals surface area (Å²) < 4.78 is 43.1. The van der Waals surface area contributed by atoms with E-state index in [2.05, 4.69) is 11.8 Å². The molecule has 1 aliphatic heterocycles. The van der Waals surface area contributed by atoms with Crippen LogP contribution in [0, 0.1) is 11.8 Å². The Bertz CT molecular complexity index is 836. The highest BCUT2D eigenvalue weighted by molar-refractivity contribution is 5.69. The zero-order valence-corrected chi connectivity index (χ0v) is 14.5. The van der Waals surface area contributed by atoms with E-state index in [-0.39, 0.29) is 12.6 Å². The van der Waals surface area contributed by atoms with E-state index >= 15 is 0 Å². The van der Waals surface area contributed by atoms with Gasteiger partial charge in [0.15, 0.2) is 0 Å². The van der Waals surface area contributed by atoms with Gasteiger partial charge in [0.25, 0.3) is 0 Å². The van der Waals surface area contributed by atoms with E-state index in [0.29, 0.717) is 18.5 Å². The van der Waals surface area contributed by atoms with Gasteiger partial charge in [-0.15, -0.1) is 0 Å². The fourth-order valence-corrected chi connectivity index (χ4v) is 2.85. The van der Waals surface area contributed by atoms with Crippen LogP contribution in [-0.2, 0) is 17.5 Å². The highest BCUT2D eigenvalue weighted by Gasteiger charge is 2.30. The van der Waals surface area contributed by atoms with Crippen LogP contribution in [0.15, 0.2) is 54.6 Å². The lowest BCUT2D eigenvalue weighted by Crippen LogP contribution is -2.35. The normalized spacial score (nSPS) is 16.6. The topological polar surface area (TPSA) is 29.5 Å². The molecule has 0 aromatic heterocycles. The predicted octanol–water partition coefficient (Wildman–Crippen LogP) is 4.86. The Morgan fingerprint density at radius 1 is 1.11 bits per heavy atom. The van der Waals surface area contributed by atoms with E-state index in [4.69, 9.17) is 4.74 Å². The molecule has 1 fully saturated rings. The molecule has 1 aliphatic rings. The summed E-state index contributed by atoms with van der Waals surface area (Å²) in [4.78, 5) is 13.9. The highest BCUT2D eigenvalue weighted by Crippen LogP contribution is 2.29. The zero-order chi connectivity index (χ0) is 19.3.